The van der Waals surface area contributed by atoms with Gasteiger partial charge >= 0.3 is 0 Å². The van der Waals surface area contributed by atoms with Crippen molar-refractivity contribution in [1.82, 2.24) is 9.62 Å². The number of ketones is 1. The van der Waals surface area contributed by atoms with Gasteiger partial charge in [-0.2, -0.15) is 0 Å². The number of nitrogens with one attached hydrogen (secondary N) is 2. The number of benzene rings is 3. The van der Waals surface area contributed by atoms with Gasteiger partial charge in [0.25, 0.3) is 5.91 Å². The normalized spacial score (nSPS) is 15.6. The van der Waals surface area contributed by atoms with Gasteiger partial charge in [0.1, 0.15) is 0 Å². The summed E-state index contributed by atoms with van der Waals surface area (Å²) in [6.45, 7) is 1.71. The van der Waals surface area contributed by atoms with Crippen LogP contribution in [0.5, 0.6) is 0 Å². The summed E-state index contributed by atoms with van der Waals surface area (Å²) in [5.41, 5.74) is 4.38. The lowest BCUT2D eigenvalue weighted by Crippen LogP contribution is -2.67. The van der Waals surface area contributed by atoms with Crippen molar-refractivity contribution in [3.05, 3.63) is 72.8 Å². The van der Waals surface area contributed by atoms with Crippen molar-refractivity contribution in [2.24, 2.45) is 5.73 Å². The first kappa shape index (κ1) is 26.3. The molecule has 0 aliphatic carbocycles. The van der Waals surface area contributed by atoms with Crippen LogP contribution in [-0.2, 0) is 19.6 Å². The van der Waals surface area contributed by atoms with E-state index < -0.39 is 39.8 Å². The highest BCUT2D eigenvalue weighted by molar-refractivity contribution is 7.89. The van der Waals surface area contributed by atoms with E-state index in [1.165, 1.54) is 24.0 Å². The number of carbonyl (C=O) groups is 2. The molecule has 1 heterocycles. The van der Waals surface area contributed by atoms with Crippen molar-refractivity contribution >= 4 is 44.1 Å². The molecule has 1 atom stereocenters. The van der Waals surface area contributed by atoms with Crippen LogP contribution in [0.15, 0.2) is 77.7 Å². The van der Waals surface area contributed by atoms with E-state index in [2.05, 4.69) is 4.72 Å². The van der Waals surface area contributed by atoms with Crippen LogP contribution in [0.4, 0.5) is 5.69 Å². The zero-order valence-electron chi connectivity index (χ0n) is 20.7. The van der Waals surface area contributed by atoms with Crippen LogP contribution >= 0.6 is 0 Å². The van der Waals surface area contributed by atoms with Crippen LogP contribution in [0.3, 0.4) is 0 Å². The summed E-state index contributed by atoms with van der Waals surface area (Å²) in [5.74, 6) is -1.72. The third kappa shape index (κ3) is 5.35. The number of fused-ring (bicyclic) bond motifs is 1. The Bertz CT molecular complexity index is 1420. The van der Waals surface area contributed by atoms with E-state index in [1.807, 2.05) is 18.2 Å². The molecule has 37 heavy (non-hydrogen) atoms. The van der Waals surface area contributed by atoms with Gasteiger partial charge in [-0.3, -0.25) is 19.9 Å². The summed E-state index contributed by atoms with van der Waals surface area (Å²) in [4.78, 5) is 30.4. The first-order valence-electron chi connectivity index (χ1n) is 12.1. The number of likely N-dealkylation sites (tertiary alicyclic amines) is 1. The number of carbonyl (C=O) groups excluding carboxylic acids is 2. The molecule has 1 fully saturated rings. The number of guanidine groups is 1. The Morgan fingerprint density at radius 2 is 1.59 bits per heavy atom. The second-order valence-corrected chi connectivity index (χ2v) is 11.0. The fraction of sp³-hybridized carbons (Fsp3) is 0.296. The average Bonchev–Trinajstić information content (AvgIpc) is 2.91. The molecule has 3 aromatic rings. The van der Waals surface area contributed by atoms with Crippen LogP contribution in [0.1, 0.15) is 26.2 Å². The molecule has 4 rings (SSSR count). The molecule has 1 aliphatic heterocycles. The number of amides is 1. The topological polar surface area (TPSA) is 137 Å². The van der Waals surface area contributed by atoms with E-state index in [1.54, 1.807) is 47.4 Å². The quantitative estimate of drug-likeness (QED) is 0.237. The Balaban J connectivity index is 1.67. The van der Waals surface area contributed by atoms with Crippen molar-refractivity contribution in [2.45, 2.75) is 36.6 Å². The molecule has 1 saturated heterocycles. The molecule has 10 heteroatoms. The maximum atomic E-state index is 13.9. The monoisotopic (exact) mass is 521 g/mol. The number of hydrogen-bond acceptors (Lipinski definition) is 5. The smallest absolute Gasteiger partial charge is 0.256 e. The van der Waals surface area contributed by atoms with Gasteiger partial charge in [-0.15, -0.1) is 0 Å². The van der Waals surface area contributed by atoms with Crippen molar-refractivity contribution in [3.8, 4) is 0 Å². The lowest BCUT2D eigenvalue weighted by molar-refractivity contribution is -0.142. The van der Waals surface area contributed by atoms with E-state index >= 15 is 0 Å². The Labute approximate surface area is 216 Å². The molecule has 0 bridgehead atoms. The van der Waals surface area contributed by atoms with Gasteiger partial charge in [-0.25, -0.2) is 13.1 Å². The number of sulfonamides is 1. The fourth-order valence-corrected chi connectivity index (χ4v) is 5.73. The number of nitrogens with zero attached hydrogens (tertiary/aromatic N) is 2. The molecule has 9 nitrogen and oxygen atoms in total. The molecular formula is C27H31N5O4S. The van der Waals surface area contributed by atoms with Crippen molar-refractivity contribution < 1.29 is 18.0 Å². The number of rotatable bonds is 8. The minimum atomic E-state index is -4.07. The molecular weight excluding hydrogens is 490 g/mol. The van der Waals surface area contributed by atoms with E-state index in [9.17, 15) is 18.0 Å². The first-order chi connectivity index (χ1) is 17.6. The van der Waals surface area contributed by atoms with Crippen LogP contribution in [-0.4, -0.2) is 56.1 Å². The van der Waals surface area contributed by atoms with Crippen LogP contribution in [0.2, 0.25) is 0 Å². The summed E-state index contributed by atoms with van der Waals surface area (Å²) in [6, 6.07) is 20.5. The minimum absolute atomic E-state index is 0.00884. The second kappa shape index (κ2) is 10.7. The summed E-state index contributed by atoms with van der Waals surface area (Å²) >= 11 is 0. The van der Waals surface area contributed by atoms with Crippen molar-refractivity contribution in [2.75, 3.05) is 24.5 Å². The molecule has 0 spiro atoms. The number of nitrogens with two attached hydrogens (primary N) is 1. The number of para-hydroxylation sites is 1. The Morgan fingerprint density at radius 3 is 2.24 bits per heavy atom. The maximum absolute atomic E-state index is 13.9. The molecule has 0 aromatic heterocycles. The van der Waals surface area contributed by atoms with Gasteiger partial charge in [0.2, 0.25) is 10.0 Å². The molecule has 4 N–H and O–H groups in total. The summed E-state index contributed by atoms with van der Waals surface area (Å²) in [5, 5.41) is 9.88. The molecule has 1 amide bonds. The largest absolute Gasteiger partial charge is 0.370 e. The third-order valence-corrected chi connectivity index (χ3v) is 8.16. The van der Waals surface area contributed by atoms with Crippen molar-refractivity contribution in [1.29, 1.82) is 5.41 Å². The van der Waals surface area contributed by atoms with Crippen LogP contribution < -0.4 is 15.4 Å². The lowest BCUT2D eigenvalue weighted by Gasteiger charge is -2.42. The molecule has 0 saturated carbocycles. The van der Waals surface area contributed by atoms with Crippen molar-refractivity contribution in [3.63, 3.8) is 0 Å². The summed E-state index contributed by atoms with van der Waals surface area (Å²) < 4.78 is 28.6. The van der Waals surface area contributed by atoms with Gasteiger partial charge in [0, 0.05) is 18.8 Å². The number of piperidine rings is 1. The highest BCUT2D eigenvalue weighted by Crippen LogP contribution is 2.28. The molecule has 0 radical (unpaired) electrons. The van der Waals surface area contributed by atoms with Gasteiger partial charge in [0.15, 0.2) is 17.3 Å². The minimum Gasteiger partial charge on any atom is -0.370 e. The number of anilines is 1. The highest BCUT2D eigenvalue weighted by Gasteiger charge is 2.50. The summed E-state index contributed by atoms with van der Waals surface area (Å²) in [6.07, 6.45) is 2.58. The average molecular weight is 522 g/mol. The molecule has 3 aromatic carbocycles. The van der Waals surface area contributed by atoms with Gasteiger partial charge in [0.05, 0.1) is 11.4 Å². The molecule has 0 unspecified atom stereocenters. The highest BCUT2D eigenvalue weighted by atomic mass is 32.2. The van der Waals surface area contributed by atoms with E-state index in [0.29, 0.717) is 18.8 Å². The van der Waals surface area contributed by atoms with Crippen LogP contribution in [0, 0.1) is 5.41 Å². The molecule has 194 valence electrons. The van der Waals surface area contributed by atoms with E-state index in [0.717, 1.165) is 30.0 Å². The van der Waals surface area contributed by atoms with Crippen LogP contribution in [0.25, 0.3) is 10.8 Å². The molecule has 1 aliphatic rings. The van der Waals surface area contributed by atoms with E-state index in [-0.39, 0.29) is 4.90 Å². The zero-order chi connectivity index (χ0) is 26.6. The number of Topliss-reactive ketones (excluding diaryl/α,β-unsaturated/α-hetero) is 1. The lowest BCUT2D eigenvalue weighted by atomic mass is 9.90. The van der Waals surface area contributed by atoms with E-state index in [4.69, 9.17) is 11.1 Å². The predicted octanol–water partition coefficient (Wildman–Crippen LogP) is 2.86. The maximum Gasteiger partial charge on any atom is 0.256 e. The standard InChI is InChI=1S/C27H31N5O4S/c1-27(25(34)31-16-8-3-9-17-31,32(26(28)29)22-12-4-2-5-13-22)24(33)19-30-37(35,36)23-15-14-20-10-6-7-11-21(20)18-23/h2,4-7,10-15,18,30H,3,8-9,16-17,19H2,1H3,(H3,28,29)/t27-/m1/s1. The van der Waals surface area contributed by atoms with Gasteiger partial charge in [-0.1, -0.05) is 48.5 Å². The third-order valence-electron chi connectivity index (χ3n) is 6.76. The SMILES string of the molecule is C[C@@](C(=O)CNS(=O)(=O)c1ccc2ccccc2c1)(C(=O)N1CCCCC1)N(C(=N)N)c1ccccc1. The summed E-state index contributed by atoms with van der Waals surface area (Å²) in [7, 11) is -4.07. The Hall–Kier alpha value is -3.76. The first-order valence-corrected chi connectivity index (χ1v) is 13.6. The second-order valence-electron chi connectivity index (χ2n) is 9.24. The zero-order valence-corrected chi connectivity index (χ0v) is 21.5. The number of hydrogen-bond donors (Lipinski definition) is 3. The Kier molecular flexibility index (Phi) is 7.60. The Morgan fingerprint density at radius 1 is 0.973 bits per heavy atom. The fourth-order valence-electron chi connectivity index (χ4n) is 4.71. The van der Waals surface area contributed by atoms with Gasteiger partial charge < -0.3 is 10.6 Å². The van der Waals surface area contributed by atoms with Gasteiger partial charge in [-0.05, 0) is 61.2 Å². The predicted molar refractivity (Wildman–Crippen MR) is 144 cm³/mol.